The minimum absolute atomic E-state index is 0.0894. The summed E-state index contributed by atoms with van der Waals surface area (Å²) in [4.78, 5) is 0. The molecule has 1 aromatic rings. The fourth-order valence-corrected chi connectivity index (χ4v) is 3.72. The molecule has 1 aliphatic heterocycles. The molecule has 1 heterocycles. The van der Waals surface area contributed by atoms with Crippen LogP contribution in [0.3, 0.4) is 0 Å². The monoisotopic (exact) mass is 424 g/mol. The van der Waals surface area contributed by atoms with Crippen LogP contribution < -0.4 is 10.9 Å². The predicted molar refractivity (Wildman–Crippen MR) is 117 cm³/mol. The summed E-state index contributed by atoms with van der Waals surface area (Å²) in [5, 5.41) is 30.3. The topological polar surface area (TPSA) is 103 Å². The van der Waals surface area contributed by atoms with Gasteiger partial charge in [-0.25, -0.2) is 5.43 Å². The van der Waals surface area contributed by atoms with Crippen LogP contribution in [0.2, 0.25) is 0 Å². The minimum atomic E-state index is -1.19. The van der Waals surface area contributed by atoms with Gasteiger partial charge in [0.1, 0.15) is 24.4 Å². The molecule has 1 saturated heterocycles. The lowest BCUT2D eigenvalue weighted by molar-refractivity contribution is -0.272. The maximum Gasteiger partial charge on any atom is 0.177 e. The first-order valence-electron chi connectivity index (χ1n) is 11.4. The van der Waals surface area contributed by atoms with Crippen LogP contribution in [-0.4, -0.2) is 65.2 Å². The zero-order chi connectivity index (χ0) is 21.8. The quantitative estimate of drug-likeness (QED) is 0.230. The Morgan fingerprint density at radius 2 is 1.73 bits per heavy atom. The van der Waals surface area contributed by atoms with E-state index in [1.807, 2.05) is 25.1 Å². The van der Waals surface area contributed by atoms with E-state index < -0.39 is 30.6 Å². The standard InChI is InChI=1S/C23H40N2O5/c1-3-4-5-6-7-11-14-29-23-20(22(28)21(27)19(16-26)30-23)25-24-17(2)15-18-12-9-8-10-13-18/h8-10,12-13,17,19-28H,3-7,11,14-16H2,1-2H3/t17?,19-,20-,21+,22-,23?/m1/s1. The van der Waals surface area contributed by atoms with E-state index in [0.29, 0.717) is 6.61 Å². The van der Waals surface area contributed by atoms with Crippen LogP contribution in [0.4, 0.5) is 0 Å². The summed E-state index contributed by atoms with van der Waals surface area (Å²) in [6.07, 6.45) is 3.78. The van der Waals surface area contributed by atoms with Crippen molar-refractivity contribution in [3.63, 3.8) is 0 Å². The second-order valence-corrected chi connectivity index (χ2v) is 8.25. The fraction of sp³-hybridized carbons (Fsp3) is 0.739. The molecule has 1 aliphatic rings. The van der Waals surface area contributed by atoms with E-state index in [-0.39, 0.29) is 12.6 Å². The largest absolute Gasteiger partial charge is 0.394 e. The third-order valence-electron chi connectivity index (χ3n) is 5.54. The van der Waals surface area contributed by atoms with E-state index in [9.17, 15) is 15.3 Å². The second kappa shape index (κ2) is 14.1. The zero-order valence-electron chi connectivity index (χ0n) is 18.4. The molecule has 0 radical (unpaired) electrons. The molecule has 7 heteroatoms. The second-order valence-electron chi connectivity index (χ2n) is 8.25. The third kappa shape index (κ3) is 8.23. The smallest absolute Gasteiger partial charge is 0.177 e. The number of hydrogen-bond acceptors (Lipinski definition) is 7. The van der Waals surface area contributed by atoms with Crippen molar-refractivity contribution in [2.75, 3.05) is 13.2 Å². The van der Waals surface area contributed by atoms with Crippen LogP contribution in [0.25, 0.3) is 0 Å². The normalized spacial score (nSPS) is 27.8. The van der Waals surface area contributed by atoms with Crippen molar-refractivity contribution in [3.05, 3.63) is 35.9 Å². The van der Waals surface area contributed by atoms with Crippen LogP contribution in [0.1, 0.15) is 57.9 Å². The molecule has 0 bridgehead atoms. The summed E-state index contributed by atoms with van der Waals surface area (Å²) in [5.41, 5.74) is 7.49. The summed E-state index contributed by atoms with van der Waals surface area (Å²) in [5.74, 6) is 0. The van der Waals surface area contributed by atoms with Crippen molar-refractivity contribution < 1.29 is 24.8 Å². The van der Waals surface area contributed by atoms with Gasteiger partial charge in [0.15, 0.2) is 6.29 Å². The molecule has 1 aromatic carbocycles. The molecule has 0 aromatic heterocycles. The van der Waals surface area contributed by atoms with Crippen molar-refractivity contribution in [1.29, 1.82) is 0 Å². The minimum Gasteiger partial charge on any atom is -0.394 e. The molecule has 0 saturated carbocycles. The van der Waals surface area contributed by atoms with E-state index in [4.69, 9.17) is 9.47 Å². The fourth-order valence-electron chi connectivity index (χ4n) is 3.72. The molecular formula is C23H40N2O5. The van der Waals surface area contributed by atoms with Crippen molar-refractivity contribution in [2.24, 2.45) is 0 Å². The molecule has 2 unspecified atom stereocenters. The molecular weight excluding hydrogens is 384 g/mol. The Hall–Kier alpha value is -1.06. The van der Waals surface area contributed by atoms with Crippen molar-refractivity contribution in [3.8, 4) is 0 Å². The van der Waals surface area contributed by atoms with Gasteiger partial charge >= 0.3 is 0 Å². The van der Waals surface area contributed by atoms with Crippen molar-refractivity contribution >= 4 is 0 Å². The molecule has 1 fully saturated rings. The molecule has 0 aliphatic carbocycles. The predicted octanol–water partition coefficient (Wildman–Crippen LogP) is 1.90. The maximum absolute atomic E-state index is 10.6. The number of hydrazine groups is 1. The lowest BCUT2D eigenvalue weighted by atomic mass is 9.97. The highest BCUT2D eigenvalue weighted by Gasteiger charge is 2.44. The van der Waals surface area contributed by atoms with Gasteiger partial charge in [-0.3, -0.25) is 5.43 Å². The molecule has 6 atom stereocenters. The van der Waals surface area contributed by atoms with E-state index in [1.54, 1.807) is 0 Å². The van der Waals surface area contributed by atoms with Crippen LogP contribution in [0.5, 0.6) is 0 Å². The van der Waals surface area contributed by atoms with Gasteiger partial charge in [0.25, 0.3) is 0 Å². The Morgan fingerprint density at radius 3 is 2.43 bits per heavy atom. The van der Waals surface area contributed by atoms with E-state index in [1.165, 1.54) is 31.2 Å². The molecule has 0 amide bonds. The molecule has 0 spiro atoms. The highest BCUT2D eigenvalue weighted by molar-refractivity contribution is 5.15. The van der Waals surface area contributed by atoms with Gasteiger partial charge in [-0.15, -0.1) is 0 Å². The Bertz CT molecular complexity index is 562. The van der Waals surface area contributed by atoms with Gasteiger partial charge in [0.05, 0.1) is 6.61 Å². The van der Waals surface area contributed by atoms with Gasteiger partial charge in [-0.2, -0.15) is 0 Å². The van der Waals surface area contributed by atoms with Crippen LogP contribution in [-0.2, 0) is 15.9 Å². The van der Waals surface area contributed by atoms with Gasteiger partial charge in [-0.05, 0) is 25.3 Å². The summed E-state index contributed by atoms with van der Waals surface area (Å²) in [7, 11) is 0. The average Bonchev–Trinajstić information content (AvgIpc) is 2.75. The Balaban J connectivity index is 1.84. The Labute approximate surface area is 180 Å². The SMILES string of the molecule is CCCCCCCCOC1O[C@H](CO)[C@H](O)[C@H](O)[C@H]1NNC(C)Cc1ccccc1. The Morgan fingerprint density at radius 1 is 1.03 bits per heavy atom. The summed E-state index contributed by atoms with van der Waals surface area (Å²) in [6.45, 7) is 4.37. The van der Waals surface area contributed by atoms with Crippen LogP contribution >= 0.6 is 0 Å². The third-order valence-corrected chi connectivity index (χ3v) is 5.54. The molecule has 30 heavy (non-hydrogen) atoms. The summed E-state index contributed by atoms with van der Waals surface area (Å²) in [6, 6.07) is 9.57. The number of unbranched alkanes of at least 4 members (excludes halogenated alkanes) is 5. The van der Waals surface area contributed by atoms with E-state index in [0.717, 1.165) is 19.3 Å². The van der Waals surface area contributed by atoms with Crippen LogP contribution in [0.15, 0.2) is 30.3 Å². The number of rotatable bonds is 14. The molecule has 5 N–H and O–H groups in total. The van der Waals surface area contributed by atoms with Gasteiger partial charge in [0.2, 0.25) is 0 Å². The summed E-state index contributed by atoms with van der Waals surface area (Å²) < 4.78 is 11.6. The number of nitrogens with one attached hydrogen (secondary N) is 2. The van der Waals surface area contributed by atoms with Crippen LogP contribution in [0, 0.1) is 0 Å². The average molecular weight is 425 g/mol. The number of benzene rings is 1. The first-order valence-corrected chi connectivity index (χ1v) is 11.4. The lowest BCUT2D eigenvalue weighted by Crippen LogP contribution is -2.66. The first kappa shape index (κ1) is 25.2. The summed E-state index contributed by atoms with van der Waals surface area (Å²) >= 11 is 0. The highest BCUT2D eigenvalue weighted by Crippen LogP contribution is 2.22. The molecule has 7 nitrogen and oxygen atoms in total. The maximum atomic E-state index is 10.6. The number of aliphatic hydroxyl groups is 3. The van der Waals surface area contributed by atoms with Gasteiger partial charge in [-0.1, -0.05) is 69.4 Å². The molecule has 172 valence electrons. The van der Waals surface area contributed by atoms with Crippen molar-refractivity contribution in [2.45, 2.75) is 95.5 Å². The zero-order valence-corrected chi connectivity index (χ0v) is 18.4. The first-order chi connectivity index (χ1) is 14.6. The number of ether oxygens (including phenoxy) is 2. The lowest BCUT2D eigenvalue weighted by Gasteiger charge is -2.42. The van der Waals surface area contributed by atoms with Crippen molar-refractivity contribution in [1.82, 2.24) is 10.9 Å². The van der Waals surface area contributed by atoms with E-state index in [2.05, 4.69) is 29.9 Å². The van der Waals surface area contributed by atoms with E-state index >= 15 is 0 Å². The Kier molecular flexibility index (Phi) is 11.8. The molecule has 2 rings (SSSR count). The van der Waals surface area contributed by atoms with Gasteiger partial charge in [0, 0.05) is 12.6 Å². The van der Waals surface area contributed by atoms with Gasteiger partial charge < -0.3 is 24.8 Å². The number of hydrogen-bond donors (Lipinski definition) is 5. The number of aliphatic hydroxyl groups excluding tert-OH is 3. The highest BCUT2D eigenvalue weighted by atomic mass is 16.7.